The van der Waals surface area contributed by atoms with Gasteiger partial charge in [-0.3, -0.25) is 4.79 Å². The van der Waals surface area contributed by atoms with Crippen LogP contribution in [-0.4, -0.2) is 14.4 Å². The van der Waals surface area contributed by atoms with E-state index in [1.54, 1.807) is 6.26 Å². The van der Waals surface area contributed by atoms with Gasteiger partial charge in [-0.1, -0.05) is 38.9 Å². The lowest BCUT2D eigenvalue weighted by Crippen LogP contribution is -2.46. The van der Waals surface area contributed by atoms with Gasteiger partial charge in [0.15, 0.2) is 6.29 Å². The van der Waals surface area contributed by atoms with Crippen molar-refractivity contribution in [1.29, 1.82) is 0 Å². The van der Waals surface area contributed by atoms with Crippen LogP contribution in [0.4, 0.5) is 0 Å². The van der Waals surface area contributed by atoms with Crippen molar-refractivity contribution < 1.29 is 9.21 Å². The Morgan fingerprint density at radius 3 is 2.13 bits per heavy atom. The fourth-order valence-electron chi connectivity index (χ4n) is 2.30. The third-order valence-corrected chi connectivity index (χ3v) is 9.23. The van der Waals surface area contributed by atoms with Crippen LogP contribution in [0, 0.1) is 6.92 Å². The summed E-state index contributed by atoms with van der Waals surface area (Å²) in [6.07, 6.45) is 2.50. The predicted octanol–water partition coefficient (Wildman–Crippen LogP) is 3.12. The zero-order valence-corrected chi connectivity index (χ0v) is 11.1. The first-order valence-corrected chi connectivity index (χ1v) is 8.31. The maximum Gasteiger partial charge on any atom is 0.153 e. The van der Waals surface area contributed by atoms with Gasteiger partial charge in [0.1, 0.15) is 14.3 Å². The summed E-state index contributed by atoms with van der Waals surface area (Å²) in [5.41, 5.74) is 1.79. The molecular formula is C12H20O2Si. The summed E-state index contributed by atoms with van der Waals surface area (Å²) in [5.74, 6) is 0. The Hall–Kier alpha value is -0.833. The van der Waals surface area contributed by atoms with E-state index >= 15 is 0 Å². The minimum atomic E-state index is -1.46. The maximum atomic E-state index is 10.8. The van der Waals surface area contributed by atoms with E-state index < -0.39 is 8.07 Å². The third-order valence-electron chi connectivity index (χ3n) is 3.72. The lowest BCUT2D eigenvalue weighted by atomic mass is 10.2. The van der Waals surface area contributed by atoms with E-state index in [1.165, 1.54) is 18.1 Å². The monoisotopic (exact) mass is 224 g/mol. The van der Waals surface area contributed by atoms with E-state index in [0.29, 0.717) is 0 Å². The van der Waals surface area contributed by atoms with Gasteiger partial charge in [-0.15, -0.1) is 0 Å². The van der Waals surface area contributed by atoms with Crippen LogP contribution < -0.4 is 5.38 Å². The number of carbonyl (C=O) groups excluding carboxylic acids is 1. The lowest BCUT2D eigenvalue weighted by Gasteiger charge is -2.26. The zero-order chi connectivity index (χ0) is 11.5. The molecule has 3 heteroatoms. The number of rotatable bonds is 5. The van der Waals surface area contributed by atoms with E-state index in [4.69, 9.17) is 4.42 Å². The predicted molar refractivity (Wildman–Crippen MR) is 65.7 cm³/mol. The van der Waals surface area contributed by atoms with E-state index in [-0.39, 0.29) is 0 Å². The number of hydrogen-bond acceptors (Lipinski definition) is 2. The first-order chi connectivity index (χ1) is 7.15. The van der Waals surface area contributed by atoms with Crippen LogP contribution in [0.25, 0.3) is 0 Å². The van der Waals surface area contributed by atoms with Crippen LogP contribution in [0.15, 0.2) is 10.7 Å². The minimum Gasteiger partial charge on any atom is -0.473 e. The first-order valence-electron chi connectivity index (χ1n) is 5.68. The summed E-state index contributed by atoms with van der Waals surface area (Å²) in [6, 6.07) is 3.56. The summed E-state index contributed by atoms with van der Waals surface area (Å²) in [7, 11) is -1.46. The summed E-state index contributed by atoms with van der Waals surface area (Å²) in [4.78, 5) is 10.8. The van der Waals surface area contributed by atoms with E-state index in [9.17, 15) is 4.79 Å². The molecule has 1 rings (SSSR count). The van der Waals surface area contributed by atoms with Crippen molar-refractivity contribution in [3.63, 3.8) is 0 Å². The highest BCUT2D eigenvalue weighted by Gasteiger charge is 2.34. The lowest BCUT2D eigenvalue weighted by molar-refractivity contribution is 0.112. The summed E-state index contributed by atoms with van der Waals surface area (Å²) in [6.45, 7) is 8.72. The van der Waals surface area contributed by atoms with Gasteiger partial charge in [0.25, 0.3) is 0 Å². The van der Waals surface area contributed by atoms with Gasteiger partial charge in [-0.25, -0.2) is 0 Å². The molecule has 0 saturated carbocycles. The molecule has 84 valence electrons. The van der Waals surface area contributed by atoms with Gasteiger partial charge < -0.3 is 4.42 Å². The molecule has 0 amide bonds. The van der Waals surface area contributed by atoms with E-state index in [1.807, 2.05) is 6.92 Å². The smallest absolute Gasteiger partial charge is 0.153 e. The second-order valence-corrected chi connectivity index (χ2v) is 9.24. The van der Waals surface area contributed by atoms with E-state index in [0.717, 1.165) is 22.8 Å². The number of furan rings is 1. The molecular weight excluding hydrogens is 204 g/mol. The number of hydrogen-bond donors (Lipinski definition) is 0. The molecule has 0 atom stereocenters. The highest BCUT2D eigenvalue weighted by atomic mass is 28.3. The Balaban J connectivity index is 3.22. The van der Waals surface area contributed by atoms with Crippen molar-refractivity contribution in [2.24, 2.45) is 0 Å². The average molecular weight is 224 g/mol. The second kappa shape index (κ2) is 4.79. The second-order valence-electron chi connectivity index (χ2n) is 4.10. The molecule has 0 aliphatic heterocycles. The third kappa shape index (κ3) is 1.93. The zero-order valence-electron chi connectivity index (χ0n) is 10.1. The Morgan fingerprint density at radius 1 is 1.27 bits per heavy atom. The minimum absolute atomic E-state index is 0.720. The number of carbonyl (C=O) groups is 1. The highest BCUT2D eigenvalue weighted by molar-refractivity contribution is 6.91. The van der Waals surface area contributed by atoms with Crippen LogP contribution >= 0.6 is 0 Å². The van der Waals surface area contributed by atoms with Gasteiger partial charge >= 0.3 is 0 Å². The summed E-state index contributed by atoms with van der Waals surface area (Å²) < 4.78 is 5.65. The Kier molecular flexibility index (Phi) is 3.91. The Labute approximate surface area is 92.7 Å². The molecule has 2 nitrogen and oxygen atoms in total. The molecule has 0 aliphatic rings. The molecule has 0 aromatic carbocycles. The quantitative estimate of drug-likeness (QED) is 0.568. The molecule has 0 bridgehead atoms. The summed E-state index contributed by atoms with van der Waals surface area (Å²) in [5, 5.41) is 1.14. The van der Waals surface area contributed by atoms with Gasteiger partial charge in [-0.05, 0) is 12.5 Å². The van der Waals surface area contributed by atoms with Crippen molar-refractivity contribution in [1.82, 2.24) is 0 Å². The fraction of sp³-hybridized carbons (Fsp3) is 0.583. The van der Waals surface area contributed by atoms with Gasteiger partial charge in [0, 0.05) is 0 Å². The van der Waals surface area contributed by atoms with Crippen molar-refractivity contribution in [3.05, 3.63) is 17.4 Å². The fourth-order valence-corrected chi connectivity index (χ4v) is 6.01. The Bertz CT molecular complexity index is 329. The summed E-state index contributed by atoms with van der Waals surface area (Å²) >= 11 is 0. The molecule has 0 spiro atoms. The van der Waals surface area contributed by atoms with Crippen LogP contribution in [-0.2, 0) is 0 Å². The molecule has 15 heavy (non-hydrogen) atoms. The van der Waals surface area contributed by atoms with Crippen LogP contribution in [0.1, 0.15) is 36.7 Å². The van der Waals surface area contributed by atoms with E-state index in [2.05, 4.69) is 20.8 Å². The molecule has 1 heterocycles. The van der Waals surface area contributed by atoms with Gasteiger partial charge in [0.05, 0.1) is 10.9 Å². The molecule has 1 aromatic heterocycles. The molecule has 0 radical (unpaired) electrons. The van der Waals surface area contributed by atoms with Crippen LogP contribution in [0.3, 0.4) is 0 Å². The normalized spacial score (nSPS) is 11.7. The molecule has 0 fully saturated rings. The average Bonchev–Trinajstić information content (AvgIpc) is 2.64. The van der Waals surface area contributed by atoms with Crippen LogP contribution in [0.5, 0.6) is 0 Å². The van der Waals surface area contributed by atoms with Crippen molar-refractivity contribution in [2.45, 2.75) is 45.8 Å². The van der Waals surface area contributed by atoms with Crippen molar-refractivity contribution in [3.8, 4) is 0 Å². The van der Waals surface area contributed by atoms with Gasteiger partial charge in [-0.2, -0.15) is 0 Å². The molecule has 0 saturated heterocycles. The highest BCUT2D eigenvalue weighted by Crippen LogP contribution is 2.23. The maximum absolute atomic E-state index is 10.8. The molecule has 0 N–H and O–H groups in total. The van der Waals surface area contributed by atoms with Crippen LogP contribution in [0.2, 0.25) is 18.1 Å². The first kappa shape index (κ1) is 12.2. The molecule has 1 aromatic rings. The molecule has 0 unspecified atom stereocenters. The SMILES string of the molecule is CC[Si](CC)(CC)c1occ(C=O)c1C. The van der Waals surface area contributed by atoms with Crippen molar-refractivity contribution in [2.75, 3.05) is 0 Å². The largest absolute Gasteiger partial charge is 0.473 e. The van der Waals surface area contributed by atoms with Crippen molar-refractivity contribution >= 4 is 19.7 Å². The number of aldehydes is 1. The van der Waals surface area contributed by atoms with Gasteiger partial charge in [0.2, 0.25) is 0 Å². The standard InChI is InChI=1S/C12H20O2Si/c1-5-15(6-2,7-3)12-10(4)11(8-13)9-14-12/h8-9H,5-7H2,1-4H3. The Morgan fingerprint density at radius 2 is 1.80 bits per heavy atom. The molecule has 0 aliphatic carbocycles. The topological polar surface area (TPSA) is 30.2 Å².